The van der Waals surface area contributed by atoms with Crippen molar-refractivity contribution in [3.05, 3.63) is 59.7 Å². The number of amides is 2. The average molecular weight is 621 g/mol. The predicted molar refractivity (Wildman–Crippen MR) is 168 cm³/mol. The van der Waals surface area contributed by atoms with Crippen molar-refractivity contribution in [2.24, 2.45) is 0 Å². The number of nitrogens with one attached hydrogen (secondary N) is 2. The molecule has 6 rings (SSSR count). The van der Waals surface area contributed by atoms with Crippen LogP contribution in [-0.4, -0.2) is 101 Å². The lowest BCUT2D eigenvalue weighted by molar-refractivity contribution is 0.0418. The van der Waals surface area contributed by atoms with Crippen LogP contribution in [0.4, 0.5) is 11.4 Å². The first-order chi connectivity index (χ1) is 21.8. The van der Waals surface area contributed by atoms with Crippen LogP contribution in [0.5, 0.6) is 23.0 Å². The number of nitrogens with zero attached hydrogens (tertiary/aromatic N) is 2. The van der Waals surface area contributed by atoms with E-state index in [0.29, 0.717) is 91.1 Å². The molecule has 0 bridgehead atoms. The van der Waals surface area contributed by atoms with E-state index in [1.54, 1.807) is 62.5 Å². The Morgan fingerprint density at radius 3 is 1.49 bits per heavy atom. The number of carbonyl (C=O) groups is 2. The molecule has 240 valence electrons. The fourth-order valence-corrected chi connectivity index (χ4v) is 6.56. The lowest BCUT2D eigenvalue weighted by Crippen LogP contribution is -2.44. The second-order valence-electron chi connectivity index (χ2n) is 11.7. The molecule has 2 N–H and O–H groups in total. The summed E-state index contributed by atoms with van der Waals surface area (Å²) in [6.07, 6.45) is 1.11. The molecule has 2 saturated heterocycles. The molecule has 0 aliphatic carbocycles. The Hall–Kier alpha value is -4.42. The van der Waals surface area contributed by atoms with Gasteiger partial charge >= 0.3 is 0 Å². The summed E-state index contributed by atoms with van der Waals surface area (Å²) in [5, 5.41) is 6.74. The van der Waals surface area contributed by atoms with Gasteiger partial charge in [0.25, 0.3) is 11.8 Å². The maximum atomic E-state index is 13.4. The van der Waals surface area contributed by atoms with Gasteiger partial charge in [-0.05, 0) is 25.0 Å². The van der Waals surface area contributed by atoms with E-state index in [4.69, 9.17) is 28.4 Å². The first-order valence-electron chi connectivity index (χ1n) is 15.0. The first-order valence-corrected chi connectivity index (χ1v) is 15.0. The maximum Gasteiger partial charge on any atom is 0.256 e. The van der Waals surface area contributed by atoms with Crippen LogP contribution in [0.3, 0.4) is 0 Å². The third kappa shape index (κ3) is 5.64. The minimum absolute atomic E-state index is 0.104. The largest absolute Gasteiger partial charge is 0.493 e. The maximum absolute atomic E-state index is 13.4. The molecule has 4 aliphatic rings. The molecule has 0 radical (unpaired) electrons. The van der Waals surface area contributed by atoms with E-state index < -0.39 is 0 Å². The van der Waals surface area contributed by atoms with E-state index in [0.717, 1.165) is 11.1 Å². The number of hydrogen-bond acceptors (Lipinski definition) is 10. The molecule has 4 atom stereocenters. The molecule has 2 aromatic rings. The summed E-state index contributed by atoms with van der Waals surface area (Å²) in [6.45, 7) is 9.78. The van der Waals surface area contributed by atoms with E-state index in [9.17, 15) is 9.59 Å². The summed E-state index contributed by atoms with van der Waals surface area (Å²) in [4.78, 5) is 30.5. The molecular formula is C33H40N4O8. The highest BCUT2D eigenvalue weighted by atomic mass is 16.5. The van der Waals surface area contributed by atoms with Crippen molar-refractivity contribution in [3.8, 4) is 23.0 Å². The summed E-state index contributed by atoms with van der Waals surface area (Å²) < 4.78 is 34.8. The monoisotopic (exact) mass is 620 g/mol. The molecule has 0 saturated carbocycles. The van der Waals surface area contributed by atoms with Gasteiger partial charge in [-0.2, -0.15) is 0 Å². The van der Waals surface area contributed by atoms with Gasteiger partial charge in [-0.25, -0.2) is 0 Å². The predicted octanol–water partition coefficient (Wildman–Crippen LogP) is 3.89. The summed E-state index contributed by atoms with van der Waals surface area (Å²) in [5.74, 6) is 1.69. The number of hydrogen-bond donors (Lipinski definition) is 2. The average Bonchev–Trinajstić information content (AvgIpc) is 3.58. The van der Waals surface area contributed by atoms with Crippen molar-refractivity contribution in [2.75, 3.05) is 65.4 Å². The van der Waals surface area contributed by atoms with Crippen molar-refractivity contribution in [3.63, 3.8) is 0 Å². The van der Waals surface area contributed by atoms with Gasteiger partial charge in [-0.15, -0.1) is 0 Å². The van der Waals surface area contributed by atoms with Crippen LogP contribution in [0.2, 0.25) is 0 Å². The van der Waals surface area contributed by atoms with E-state index >= 15 is 0 Å². The molecule has 2 unspecified atom stereocenters. The Morgan fingerprint density at radius 1 is 0.689 bits per heavy atom. The molecule has 2 amide bonds. The highest BCUT2D eigenvalue weighted by molar-refractivity contribution is 6.02. The van der Waals surface area contributed by atoms with Crippen molar-refractivity contribution < 1.29 is 38.0 Å². The normalized spacial score (nSPS) is 23.6. The van der Waals surface area contributed by atoms with Crippen LogP contribution in [-0.2, 0) is 9.47 Å². The Bertz CT molecular complexity index is 1420. The van der Waals surface area contributed by atoms with Crippen molar-refractivity contribution in [1.82, 2.24) is 9.80 Å². The molecule has 0 spiro atoms. The number of carbonyl (C=O) groups excluding carboxylic acids is 2. The zero-order chi connectivity index (χ0) is 31.8. The zero-order valence-corrected chi connectivity index (χ0v) is 26.1. The summed E-state index contributed by atoms with van der Waals surface area (Å²) in [6, 6.07) is 6.67. The molecule has 2 fully saturated rings. The lowest BCUT2D eigenvalue weighted by Gasteiger charge is -2.27. The third-order valence-electron chi connectivity index (χ3n) is 8.78. The number of ether oxygens (including phenoxy) is 6. The molecule has 4 aliphatic heterocycles. The van der Waals surface area contributed by atoms with Crippen LogP contribution in [0, 0.1) is 0 Å². The number of rotatable bonds is 10. The van der Waals surface area contributed by atoms with E-state index in [-0.39, 0.29) is 36.4 Å². The van der Waals surface area contributed by atoms with Gasteiger partial charge in [0, 0.05) is 45.9 Å². The number of fused-ring (bicyclic) bond motifs is 4. The highest BCUT2D eigenvalue weighted by Gasteiger charge is 2.42. The summed E-state index contributed by atoms with van der Waals surface area (Å²) >= 11 is 0. The second-order valence-corrected chi connectivity index (χ2v) is 11.7. The van der Waals surface area contributed by atoms with Crippen molar-refractivity contribution >= 4 is 23.2 Å². The Balaban J connectivity index is 1.13. The van der Waals surface area contributed by atoms with E-state index in [1.165, 1.54) is 0 Å². The Morgan fingerprint density at radius 2 is 1.11 bits per heavy atom. The third-order valence-corrected chi connectivity index (χ3v) is 8.78. The number of methoxy groups -OCH3 is 4. The lowest BCUT2D eigenvalue weighted by atomic mass is 10.1. The summed E-state index contributed by atoms with van der Waals surface area (Å²) in [5.41, 5.74) is 4.21. The van der Waals surface area contributed by atoms with Crippen LogP contribution in [0.25, 0.3) is 0 Å². The fraction of sp³-hybridized carbons (Fsp3) is 0.455. The molecule has 2 aromatic carbocycles. The second kappa shape index (κ2) is 12.5. The molecule has 12 nitrogen and oxygen atoms in total. The van der Waals surface area contributed by atoms with Crippen molar-refractivity contribution in [1.29, 1.82) is 0 Å². The smallest absolute Gasteiger partial charge is 0.256 e. The van der Waals surface area contributed by atoms with Gasteiger partial charge in [0.1, 0.15) is 12.5 Å². The minimum Gasteiger partial charge on any atom is -0.493 e. The molecule has 45 heavy (non-hydrogen) atoms. The Labute approximate surface area is 262 Å². The molecule has 0 aromatic heterocycles. The summed E-state index contributed by atoms with van der Waals surface area (Å²) in [7, 11) is 6.33. The SMILES string of the molecule is C=C1C[C@H]2C(OC)Nc3cc(OCCCOc4cc5c(cc4OC)C(=O)N4CC(=C)C[C@H]4C(OC)N5)c(OC)cc3C(=O)N2C1. The van der Waals surface area contributed by atoms with E-state index in [2.05, 4.69) is 23.8 Å². The van der Waals surface area contributed by atoms with Gasteiger partial charge in [0.15, 0.2) is 23.0 Å². The molecule has 12 heteroatoms. The molecule has 4 heterocycles. The quantitative estimate of drug-likeness (QED) is 0.299. The van der Waals surface area contributed by atoms with Crippen LogP contribution >= 0.6 is 0 Å². The van der Waals surface area contributed by atoms with Crippen molar-refractivity contribution in [2.45, 2.75) is 43.8 Å². The first kappa shape index (κ1) is 30.6. The van der Waals surface area contributed by atoms with Crippen LogP contribution in [0.1, 0.15) is 40.0 Å². The number of benzene rings is 2. The van der Waals surface area contributed by atoms with Gasteiger partial charge in [0.2, 0.25) is 0 Å². The van der Waals surface area contributed by atoms with Gasteiger partial charge < -0.3 is 48.9 Å². The van der Waals surface area contributed by atoms with E-state index in [1.807, 2.05) is 0 Å². The topological polar surface area (TPSA) is 120 Å². The van der Waals surface area contributed by atoms with Gasteiger partial charge in [-0.1, -0.05) is 24.3 Å². The molecular weight excluding hydrogens is 580 g/mol. The van der Waals surface area contributed by atoms with Crippen LogP contribution in [0.15, 0.2) is 48.6 Å². The zero-order valence-electron chi connectivity index (χ0n) is 26.1. The fourth-order valence-electron chi connectivity index (χ4n) is 6.56. The minimum atomic E-state index is -0.389. The highest BCUT2D eigenvalue weighted by Crippen LogP contribution is 2.41. The van der Waals surface area contributed by atoms with Gasteiger partial charge in [-0.3, -0.25) is 9.59 Å². The van der Waals surface area contributed by atoms with Crippen LogP contribution < -0.4 is 29.6 Å². The Kier molecular flexibility index (Phi) is 8.52. The number of anilines is 2. The van der Waals surface area contributed by atoms with Gasteiger partial charge in [0.05, 0.1) is 62.0 Å². The standard InChI is InChI=1S/C33H40N4O8/c1-18-10-24-30(42-5)34-22-14-28(26(40-3)12-20(22)32(38)36(24)16-18)44-8-7-9-45-29-15-23-21(13-27(29)41-4)33(39)37-17-19(2)11-25(37)31(35-23)43-6/h12-15,24-25,30-31,34-35H,1-2,7-11,16-17H2,3-6H3/t24-,25-,30?,31?/m0/s1.